The molecule has 1 aromatic heterocycles. The van der Waals surface area contributed by atoms with Gasteiger partial charge >= 0.3 is 0 Å². The number of aliphatic hydroxyl groups is 1. The molecule has 0 aliphatic heterocycles. The average molecular weight is 301 g/mol. The number of hydrogen-bond donors (Lipinski definition) is 2. The maximum absolute atomic E-state index is 12.2. The standard InChI is InChI=1S/C17H23N3O2/c1-17(2,13-21)8-4-9-18-16(22)14-6-3-7-15(12-14)20-11-5-10-19-20/h3,5-7,10-12,21H,4,8-9,13H2,1-2H3,(H,18,22). The van der Waals surface area contributed by atoms with E-state index in [1.54, 1.807) is 16.9 Å². The first kappa shape index (κ1) is 16.2. The Morgan fingerprint density at radius 1 is 1.36 bits per heavy atom. The Morgan fingerprint density at radius 2 is 2.18 bits per heavy atom. The number of benzene rings is 1. The molecule has 22 heavy (non-hydrogen) atoms. The quantitative estimate of drug-likeness (QED) is 0.772. The fourth-order valence-electron chi connectivity index (χ4n) is 2.16. The number of carbonyl (C=O) groups is 1. The minimum Gasteiger partial charge on any atom is -0.396 e. The van der Waals surface area contributed by atoms with Crippen LogP contribution in [0.5, 0.6) is 0 Å². The molecule has 0 bridgehead atoms. The minimum absolute atomic E-state index is 0.0872. The van der Waals surface area contributed by atoms with E-state index < -0.39 is 0 Å². The Hall–Kier alpha value is -2.14. The van der Waals surface area contributed by atoms with E-state index in [1.165, 1.54) is 0 Å². The molecule has 1 aromatic carbocycles. The largest absolute Gasteiger partial charge is 0.396 e. The van der Waals surface area contributed by atoms with E-state index in [4.69, 9.17) is 0 Å². The van der Waals surface area contributed by atoms with Gasteiger partial charge in [-0.3, -0.25) is 4.79 Å². The molecule has 0 fully saturated rings. The third kappa shape index (κ3) is 4.43. The molecule has 5 nitrogen and oxygen atoms in total. The Bertz CT molecular complexity index is 606. The van der Waals surface area contributed by atoms with E-state index in [-0.39, 0.29) is 17.9 Å². The van der Waals surface area contributed by atoms with Crippen LogP contribution in [-0.4, -0.2) is 33.9 Å². The maximum atomic E-state index is 12.2. The van der Waals surface area contributed by atoms with E-state index >= 15 is 0 Å². The molecule has 0 spiro atoms. The molecular weight excluding hydrogens is 278 g/mol. The lowest BCUT2D eigenvalue weighted by Gasteiger charge is -2.21. The molecule has 5 heteroatoms. The van der Waals surface area contributed by atoms with Gasteiger partial charge in [-0.15, -0.1) is 0 Å². The van der Waals surface area contributed by atoms with Crippen molar-refractivity contribution in [1.29, 1.82) is 0 Å². The summed E-state index contributed by atoms with van der Waals surface area (Å²) in [6.07, 6.45) is 5.26. The number of hydrogen-bond acceptors (Lipinski definition) is 3. The molecule has 0 aliphatic rings. The summed E-state index contributed by atoms with van der Waals surface area (Å²) in [4.78, 5) is 12.2. The predicted molar refractivity (Wildman–Crippen MR) is 86.0 cm³/mol. The van der Waals surface area contributed by atoms with Crippen molar-refractivity contribution in [3.05, 3.63) is 48.3 Å². The fourth-order valence-corrected chi connectivity index (χ4v) is 2.16. The summed E-state index contributed by atoms with van der Waals surface area (Å²) in [5, 5.41) is 16.3. The third-order valence-corrected chi connectivity index (χ3v) is 3.62. The summed E-state index contributed by atoms with van der Waals surface area (Å²) < 4.78 is 1.72. The van der Waals surface area contributed by atoms with Gasteiger partial charge in [-0.25, -0.2) is 4.68 Å². The van der Waals surface area contributed by atoms with Crippen LogP contribution in [0.1, 0.15) is 37.0 Å². The number of aliphatic hydroxyl groups excluding tert-OH is 1. The number of rotatable bonds is 7. The van der Waals surface area contributed by atoms with Crippen molar-refractivity contribution in [2.45, 2.75) is 26.7 Å². The van der Waals surface area contributed by atoms with Gasteiger partial charge in [-0.2, -0.15) is 5.10 Å². The molecule has 2 aromatic rings. The zero-order valence-corrected chi connectivity index (χ0v) is 13.1. The molecule has 0 atom stereocenters. The first-order valence-electron chi connectivity index (χ1n) is 7.51. The topological polar surface area (TPSA) is 67.2 Å². The van der Waals surface area contributed by atoms with Crippen LogP contribution >= 0.6 is 0 Å². The highest BCUT2D eigenvalue weighted by atomic mass is 16.3. The van der Waals surface area contributed by atoms with E-state index in [0.717, 1.165) is 18.5 Å². The SMILES string of the molecule is CC(C)(CO)CCCNC(=O)c1cccc(-n2cccn2)c1. The van der Waals surface area contributed by atoms with Crippen molar-refractivity contribution in [3.63, 3.8) is 0 Å². The molecule has 0 unspecified atom stereocenters. The first-order valence-corrected chi connectivity index (χ1v) is 7.51. The van der Waals surface area contributed by atoms with Crippen LogP contribution in [-0.2, 0) is 0 Å². The van der Waals surface area contributed by atoms with Crippen LogP contribution in [0.2, 0.25) is 0 Å². The smallest absolute Gasteiger partial charge is 0.251 e. The van der Waals surface area contributed by atoms with Crippen molar-refractivity contribution < 1.29 is 9.90 Å². The van der Waals surface area contributed by atoms with Crippen molar-refractivity contribution in [1.82, 2.24) is 15.1 Å². The summed E-state index contributed by atoms with van der Waals surface area (Å²) in [5.74, 6) is -0.0872. The average Bonchev–Trinajstić information content (AvgIpc) is 3.06. The van der Waals surface area contributed by atoms with Crippen molar-refractivity contribution in [2.75, 3.05) is 13.2 Å². The first-order chi connectivity index (χ1) is 10.5. The lowest BCUT2D eigenvalue weighted by molar-refractivity contribution is 0.0948. The normalized spacial score (nSPS) is 11.4. The van der Waals surface area contributed by atoms with E-state index in [1.807, 2.05) is 44.3 Å². The van der Waals surface area contributed by atoms with E-state index in [9.17, 15) is 9.90 Å². The van der Waals surface area contributed by atoms with Crippen LogP contribution in [0.25, 0.3) is 5.69 Å². The van der Waals surface area contributed by atoms with Gasteiger partial charge in [0.25, 0.3) is 5.91 Å². The molecule has 1 heterocycles. The molecule has 0 saturated carbocycles. The second-order valence-corrected chi connectivity index (χ2v) is 6.18. The zero-order valence-electron chi connectivity index (χ0n) is 13.1. The summed E-state index contributed by atoms with van der Waals surface area (Å²) in [7, 11) is 0. The summed E-state index contributed by atoms with van der Waals surface area (Å²) in [6, 6.07) is 9.21. The number of nitrogens with one attached hydrogen (secondary N) is 1. The van der Waals surface area contributed by atoms with E-state index in [0.29, 0.717) is 12.1 Å². The minimum atomic E-state index is -0.0925. The lowest BCUT2D eigenvalue weighted by Crippen LogP contribution is -2.26. The highest BCUT2D eigenvalue weighted by Crippen LogP contribution is 2.20. The molecule has 0 saturated heterocycles. The van der Waals surface area contributed by atoms with Crippen LogP contribution in [0.3, 0.4) is 0 Å². The third-order valence-electron chi connectivity index (χ3n) is 3.62. The van der Waals surface area contributed by atoms with Crippen molar-refractivity contribution in [3.8, 4) is 5.69 Å². The predicted octanol–water partition coefficient (Wildman–Crippen LogP) is 2.40. The molecule has 1 amide bonds. The molecule has 0 aliphatic carbocycles. The Kier molecular flexibility index (Phi) is 5.33. The Morgan fingerprint density at radius 3 is 2.86 bits per heavy atom. The van der Waals surface area contributed by atoms with Crippen LogP contribution in [0, 0.1) is 5.41 Å². The van der Waals surface area contributed by atoms with Crippen LogP contribution in [0.15, 0.2) is 42.7 Å². The van der Waals surface area contributed by atoms with Crippen molar-refractivity contribution in [2.24, 2.45) is 5.41 Å². The van der Waals surface area contributed by atoms with Gasteiger partial charge in [0.15, 0.2) is 0 Å². The molecule has 2 rings (SSSR count). The molecular formula is C17H23N3O2. The van der Waals surface area contributed by atoms with Gasteiger partial charge in [0, 0.05) is 31.1 Å². The summed E-state index contributed by atoms with van der Waals surface area (Å²) >= 11 is 0. The van der Waals surface area contributed by atoms with Gasteiger partial charge in [0.05, 0.1) is 5.69 Å². The Balaban J connectivity index is 1.89. The number of aromatic nitrogens is 2. The molecule has 0 radical (unpaired) electrons. The highest BCUT2D eigenvalue weighted by molar-refractivity contribution is 5.94. The Labute approximate surface area is 131 Å². The van der Waals surface area contributed by atoms with E-state index in [2.05, 4.69) is 10.4 Å². The number of amides is 1. The van der Waals surface area contributed by atoms with Gasteiger partial charge < -0.3 is 10.4 Å². The molecule has 118 valence electrons. The van der Waals surface area contributed by atoms with Crippen molar-refractivity contribution >= 4 is 5.91 Å². The van der Waals surface area contributed by atoms with Gasteiger partial charge in [-0.1, -0.05) is 19.9 Å². The summed E-state index contributed by atoms with van der Waals surface area (Å²) in [5.41, 5.74) is 1.39. The lowest BCUT2D eigenvalue weighted by atomic mass is 9.89. The van der Waals surface area contributed by atoms with Crippen LogP contribution in [0.4, 0.5) is 0 Å². The van der Waals surface area contributed by atoms with Gasteiger partial charge in [0.1, 0.15) is 0 Å². The fraction of sp³-hybridized carbons (Fsp3) is 0.412. The number of nitrogens with zero attached hydrogens (tertiary/aromatic N) is 2. The second-order valence-electron chi connectivity index (χ2n) is 6.18. The number of carbonyl (C=O) groups excluding carboxylic acids is 1. The highest BCUT2D eigenvalue weighted by Gasteiger charge is 2.15. The van der Waals surface area contributed by atoms with Gasteiger partial charge in [0.2, 0.25) is 0 Å². The summed E-state index contributed by atoms with van der Waals surface area (Å²) in [6.45, 7) is 4.80. The zero-order chi connectivity index (χ0) is 16.0. The molecule has 2 N–H and O–H groups in total. The second kappa shape index (κ2) is 7.22. The monoisotopic (exact) mass is 301 g/mol. The maximum Gasteiger partial charge on any atom is 0.251 e. The van der Waals surface area contributed by atoms with Gasteiger partial charge in [-0.05, 0) is 42.5 Å². The van der Waals surface area contributed by atoms with Crippen LogP contribution < -0.4 is 5.32 Å².